The van der Waals surface area contributed by atoms with E-state index in [1.807, 2.05) is 13.8 Å². The maximum atomic E-state index is 5.16. The van der Waals surface area contributed by atoms with Crippen LogP contribution in [0.4, 0.5) is 0 Å². The molecule has 0 aromatic heterocycles. The van der Waals surface area contributed by atoms with Gasteiger partial charge in [0.05, 0.1) is 12.7 Å². The molecule has 0 aliphatic heterocycles. The van der Waals surface area contributed by atoms with Crippen molar-refractivity contribution >= 4 is 15.9 Å². The Bertz CT molecular complexity index is 78.6. The fraction of sp³-hybridized carbons (Fsp3) is 0.667. The van der Waals surface area contributed by atoms with Gasteiger partial charge in [-0.15, -0.1) is 0 Å². The summed E-state index contributed by atoms with van der Waals surface area (Å²) in [6, 6.07) is 0. The second-order valence-corrected chi connectivity index (χ2v) is 3.00. The minimum atomic E-state index is 0.296. The monoisotopic (exact) mass is 178 g/mol. The van der Waals surface area contributed by atoms with Crippen molar-refractivity contribution < 1.29 is 4.74 Å². The largest absolute Gasteiger partial charge is 0.374 e. The van der Waals surface area contributed by atoms with Gasteiger partial charge in [-0.2, -0.15) is 0 Å². The van der Waals surface area contributed by atoms with Crippen molar-refractivity contribution in [3.63, 3.8) is 0 Å². The van der Waals surface area contributed by atoms with Crippen LogP contribution in [0.15, 0.2) is 11.1 Å². The molecule has 0 saturated carbocycles. The molecule has 0 unspecified atom stereocenters. The molecule has 0 radical (unpaired) electrons. The standard InChI is InChI=1S/C6H11BrO/c1-5(2)8-4-6(3)7/h5H,3-4H2,1-2H3. The van der Waals surface area contributed by atoms with Crippen LogP contribution in [-0.2, 0) is 4.74 Å². The minimum absolute atomic E-state index is 0.296. The first kappa shape index (κ1) is 8.18. The highest BCUT2D eigenvalue weighted by atomic mass is 79.9. The minimum Gasteiger partial charge on any atom is -0.374 e. The lowest BCUT2D eigenvalue weighted by Gasteiger charge is -2.04. The zero-order chi connectivity index (χ0) is 6.57. The van der Waals surface area contributed by atoms with Gasteiger partial charge < -0.3 is 4.74 Å². The Labute approximate surface area is 58.9 Å². The average molecular weight is 179 g/mol. The molecule has 0 rings (SSSR count). The summed E-state index contributed by atoms with van der Waals surface area (Å²) < 4.78 is 6.05. The molecule has 8 heavy (non-hydrogen) atoms. The molecule has 0 fully saturated rings. The van der Waals surface area contributed by atoms with Crippen molar-refractivity contribution in [1.82, 2.24) is 0 Å². The molecule has 0 saturated heterocycles. The normalized spacial score (nSPS) is 10.0. The summed E-state index contributed by atoms with van der Waals surface area (Å²) in [5.41, 5.74) is 0. The molecule has 0 bridgehead atoms. The van der Waals surface area contributed by atoms with Gasteiger partial charge in [-0.3, -0.25) is 0 Å². The molecule has 0 spiro atoms. The van der Waals surface area contributed by atoms with Gasteiger partial charge in [-0.05, 0) is 13.8 Å². The molecule has 1 nitrogen and oxygen atoms in total. The Kier molecular flexibility index (Phi) is 4.19. The highest BCUT2D eigenvalue weighted by Crippen LogP contribution is 2.01. The topological polar surface area (TPSA) is 9.23 Å². The van der Waals surface area contributed by atoms with E-state index in [-0.39, 0.29) is 0 Å². The van der Waals surface area contributed by atoms with Gasteiger partial charge in [-0.25, -0.2) is 0 Å². The zero-order valence-corrected chi connectivity index (χ0v) is 6.86. The molecule has 0 aromatic rings. The van der Waals surface area contributed by atoms with Gasteiger partial charge in [0.15, 0.2) is 0 Å². The van der Waals surface area contributed by atoms with Gasteiger partial charge in [0.25, 0.3) is 0 Å². The molecule has 0 aliphatic carbocycles. The van der Waals surface area contributed by atoms with Crippen LogP contribution < -0.4 is 0 Å². The lowest BCUT2D eigenvalue weighted by Crippen LogP contribution is -2.02. The lowest BCUT2D eigenvalue weighted by atomic mass is 10.5. The van der Waals surface area contributed by atoms with Gasteiger partial charge in [0, 0.05) is 4.48 Å². The van der Waals surface area contributed by atoms with E-state index in [0.29, 0.717) is 12.7 Å². The number of halogens is 1. The molecular weight excluding hydrogens is 168 g/mol. The molecule has 0 aromatic carbocycles. The first-order valence-corrected chi connectivity index (χ1v) is 3.37. The Morgan fingerprint density at radius 1 is 1.75 bits per heavy atom. The maximum absolute atomic E-state index is 5.16. The first-order chi connectivity index (χ1) is 3.63. The van der Waals surface area contributed by atoms with E-state index in [4.69, 9.17) is 4.74 Å². The van der Waals surface area contributed by atoms with Crippen molar-refractivity contribution in [2.45, 2.75) is 20.0 Å². The molecule has 2 heteroatoms. The second kappa shape index (κ2) is 4.10. The first-order valence-electron chi connectivity index (χ1n) is 2.58. The Hall–Kier alpha value is 0.180. The van der Waals surface area contributed by atoms with Crippen molar-refractivity contribution in [1.29, 1.82) is 0 Å². The zero-order valence-electron chi connectivity index (χ0n) is 5.28. The van der Waals surface area contributed by atoms with Crippen LogP contribution >= 0.6 is 15.9 Å². The van der Waals surface area contributed by atoms with Crippen molar-refractivity contribution in [3.8, 4) is 0 Å². The molecule has 0 amide bonds. The molecule has 0 heterocycles. The Balaban J connectivity index is 3.05. The van der Waals surface area contributed by atoms with Crippen molar-refractivity contribution in [2.24, 2.45) is 0 Å². The predicted molar refractivity (Wildman–Crippen MR) is 39.2 cm³/mol. The van der Waals surface area contributed by atoms with E-state index in [1.54, 1.807) is 0 Å². The van der Waals surface area contributed by atoms with Crippen LogP contribution in [0.3, 0.4) is 0 Å². The molecular formula is C6H11BrO. The summed E-state index contributed by atoms with van der Waals surface area (Å²) in [7, 11) is 0. The van der Waals surface area contributed by atoms with Crippen LogP contribution in [0.1, 0.15) is 13.8 Å². The Morgan fingerprint density at radius 2 is 2.25 bits per heavy atom. The summed E-state index contributed by atoms with van der Waals surface area (Å²) in [4.78, 5) is 0. The van der Waals surface area contributed by atoms with Crippen LogP contribution in [0.2, 0.25) is 0 Å². The summed E-state index contributed by atoms with van der Waals surface area (Å²) in [6.07, 6.45) is 0.296. The molecule has 0 aliphatic rings. The van der Waals surface area contributed by atoms with Crippen LogP contribution in [-0.4, -0.2) is 12.7 Å². The molecule has 0 N–H and O–H groups in total. The highest BCUT2D eigenvalue weighted by Gasteiger charge is 1.91. The number of hydrogen-bond acceptors (Lipinski definition) is 1. The highest BCUT2D eigenvalue weighted by molar-refractivity contribution is 9.11. The smallest absolute Gasteiger partial charge is 0.0779 e. The predicted octanol–water partition coefficient (Wildman–Crippen LogP) is 2.32. The SMILES string of the molecule is C=C(Br)COC(C)C. The molecule has 0 atom stereocenters. The third-order valence-electron chi connectivity index (χ3n) is 0.573. The van der Waals surface area contributed by atoms with Crippen LogP contribution in [0.5, 0.6) is 0 Å². The van der Waals surface area contributed by atoms with E-state index < -0.39 is 0 Å². The number of rotatable bonds is 3. The molecule has 48 valence electrons. The van der Waals surface area contributed by atoms with Gasteiger partial charge >= 0.3 is 0 Å². The van der Waals surface area contributed by atoms with Crippen LogP contribution in [0, 0.1) is 0 Å². The van der Waals surface area contributed by atoms with E-state index >= 15 is 0 Å². The summed E-state index contributed by atoms with van der Waals surface area (Å²) in [5.74, 6) is 0. The summed E-state index contributed by atoms with van der Waals surface area (Å²) in [5, 5.41) is 0. The second-order valence-electron chi connectivity index (χ2n) is 1.88. The van der Waals surface area contributed by atoms with E-state index in [9.17, 15) is 0 Å². The van der Waals surface area contributed by atoms with E-state index in [2.05, 4.69) is 22.5 Å². The van der Waals surface area contributed by atoms with Gasteiger partial charge in [-0.1, -0.05) is 22.5 Å². The summed E-state index contributed by atoms with van der Waals surface area (Å²) in [6.45, 7) is 8.22. The fourth-order valence-corrected chi connectivity index (χ4v) is 0.389. The third-order valence-corrected chi connectivity index (χ3v) is 0.802. The van der Waals surface area contributed by atoms with Crippen molar-refractivity contribution in [3.05, 3.63) is 11.1 Å². The van der Waals surface area contributed by atoms with Crippen LogP contribution in [0.25, 0.3) is 0 Å². The fourth-order valence-electron chi connectivity index (χ4n) is 0.257. The average Bonchev–Trinajstić information content (AvgIpc) is 1.61. The van der Waals surface area contributed by atoms with Gasteiger partial charge in [0.2, 0.25) is 0 Å². The Morgan fingerprint density at radius 3 is 2.38 bits per heavy atom. The van der Waals surface area contributed by atoms with Crippen molar-refractivity contribution in [2.75, 3.05) is 6.61 Å². The number of hydrogen-bond donors (Lipinski definition) is 0. The summed E-state index contributed by atoms with van der Waals surface area (Å²) >= 11 is 3.18. The third kappa shape index (κ3) is 6.18. The quantitative estimate of drug-likeness (QED) is 0.645. The van der Waals surface area contributed by atoms with Gasteiger partial charge in [0.1, 0.15) is 0 Å². The number of ether oxygens (including phenoxy) is 1. The lowest BCUT2D eigenvalue weighted by molar-refractivity contribution is 0.101. The maximum Gasteiger partial charge on any atom is 0.0779 e. The van der Waals surface area contributed by atoms with E-state index in [0.717, 1.165) is 4.48 Å². The van der Waals surface area contributed by atoms with E-state index in [1.165, 1.54) is 0 Å².